The molecule has 16 nitrogen and oxygen atoms in total. The fraction of sp³-hybridized carbons (Fsp3) is 0.450. The topological polar surface area (TPSA) is 155 Å². The number of nitrogens with zero attached hydrogens (tertiary/aromatic N) is 6. The average molecular weight is 1040 g/mol. The van der Waals surface area contributed by atoms with E-state index in [1.807, 2.05) is 101 Å². The fourth-order valence-electron chi connectivity index (χ4n) is 11.1. The number of methoxy groups -OCH3 is 4. The SMILES string of the molecule is CCN1CCN(c2cccc3c2CN([C@H](CCCN)c2ccc(OC)c(OC)c2)C3=O)CC1.CCN1CCN(c2cccc3c2CN([C@H](CCCNC(=O)OCc2ccccc2)c2ccc(OC)c(OC)c2)C3=O)CC1. The number of anilines is 2. The number of hydrogen-bond donors (Lipinski definition) is 2. The Kier molecular flexibility index (Phi) is 19.4. The maximum Gasteiger partial charge on any atom is 0.407 e. The van der Waals surface area contributed by atoms with Gasteiger partial charge in [-0.3, -0.25) is 9.59 Å². The summed E-state index contributed by atoms with van der Waals surface area (Å²) in [5, 5.41) is 2.86. The van der Waals surface area contributed by atoms with Gasteiger partial charge in [0.05, 0.1) is 40.5 Å². The van der Waals surface area contributed by atoms with Crippen LogP contribution in [0.25, 0.3) is 0 Å². The molecule has 2 atom stereocenters. The number of rotatable bonds is 21. The van der Waals surface area contributed by atoms with Crippen LogP contribution in [0.15, 0.2) is 103 Å². The smallest absolute Gasteiger partial charge is 0.407 e. The van der Waals surface area contributed by atoms with Gasteiger partial charge in [0.2, 0.25) is 0 Å². The molecule has 5 aromatic rings. The number of ether oxygens (including phenoxy) is 5. The van der Waals surface area contributed by atoms with Crippen molar-refractivity contribution in [1.29, 1.82) is 0 Å². The summed E-state index contributed by atoms with van der Waals surface area (Å²) in [6, 6.07) is 33.3. The van der Waals surface area contributed by atoms with E-state index in [0.717, 1.165) is 123 Å². The van der Waals surface area contributed by atoms with Crippen LogP contribution in [0, 0.1) is 0 Å². The third-order valence-electron chi connectivity index (χ3n) is 15.4. The molecule has 4 aliphatic heterocycles. The van der Waals surface area contributed by atoms with Crippen molar-refractivity contribution >= 4 is 29.3 Å². The number of carbonyl (C=O) groups excluding carboxylic acids is 3. The zero-order chi connectivity index (χ0) is 53.6. The van der Waals surface area contributed by atoms with Gasteiger partial charge < -0.3 is 64.1 Å². The van der Waals surface area contributed by atoms with E-state index in [4.69, 9.17) is 29.4 Å². The molecule has 5 aromatic carbocycles. The van der Waals surface area contributed by atoms with Crippen LogP contribution in [-0.2, 0) is 24.4 Å². The Balaban J connectivity index is 0.000000209. The number of benzene rings is 5. The first-order valence-corrected chi connectivity index (χ1v) is 27.0. The molecule has 4 heterocycles. The first kappa shape index (κ1) is 55.2. The van der Waals surface area contributed by atoms with Crippen LogP contribution in [0.5, 0.6) is 23.0 Å². The molecule has 16 heteroatoms. The van der Waals surface area contributed by atoms with Crippen molar-refractivity contribution in [2.45, 2.75) is 71.3 Å². The third-order valence-corrected chi connectivity index (χ3v) is 15.4. The molecule has 406 valence electrons. The number of nitrogens with two attached hydrogens (primary N) is 1. The first-order valence-electron chi connectivity index (χ1n) is 27.0. The van der Waals surface area contributed by atoms with Crippen LogP contribution in [0.2, 0.25) is 0 Å². The van der Waals surface area contributed by atoms with Gasteiger partial charge in [-0.15, -0.1) is 0 Å². The second kappa shape index (κ2) is 26.7. The lowest BCUT2D eigenvalue weighted by atomic mass is 9.99. The van der Waals surface area contributed by atoms with Crippen LogP contribution < -0.4 is 39.8 Å². The second-order valence-electron chi connectivity index (χ2n) is 19.6. The quantitative estimate of drug-likeness (QED) is 0.0676. The molecule has 0 aliphatic carbocycles. The van der Waals surface area contributed by atoms with Gasteiger partial charge in [0, 0.05) is 106 Å². The molecule has 3 N–H and O–H groups in total. The number of alkyl carbamates (subject to hydrolysis) is 1. The molecule has 0 spiro atoms. The molecule has 0 unspecified atom stereocenters. The Bertz CT molecular complexity index is 2730. The Morgan fingerprint density at radius 2 is 1.03 bits per heavy atom. The van der Waals surface area contributed by atoms with E-state index in [9.17, 15) is 14.4 Å². The highest BCUT2D eigenvalue weighted by molar-refractivity contribution is 6.01. The van der Waals surface area contributed by atoms with Crippen LogP contribution in [-0.4, -0.2) is 144 Å². The minimum atomic E-state index is -0.455. The minimum Gasteiger partial charge on any atom is -0.493 e. The van der Waals surface area contributed by atoms with Gasteiger partial charge in [-0.05, 0) is 111 Å². The van der Waals surface area contributed by atoms with Gasteiger partial charge in [0.25, 0.3) is 11.8 Å². The monoisotopic (exact) mass is 1040 g/mol. The van der Waals surface area contributed by atoms with Crippen molar-refractivity contribution in [3.63, 3.8) is 0 Å². The molecule has 76 heavy (non-hydrogen) atoms. The summed E-state index contributed by atoms with van der Waals surface area (Å²) in [7, 11) is 6.49. The Morgan fingerprint density at radius 3 is 1.46 bits per heavy atom. The highest BCUT2D eigenvalue weighted by Crippen LogP contribution is 2.42. The lowest BCUT2D eigenvalue weighted by Crippen LogP contribution is -2.46. The maximum absolute atomic E-state index is 13.9. The summed E-state index contributed by atoms with van der Waals surface area (Å²) in [5.74, 6) is 2.73. The van der Waals surface area contributed by atoms with Crippen molar-refractivity contribution in [3.8, 4) is 23.0 Å². The van der Waals surface area contributed by atoms with E-state index in [1.54, 1.807) is 28.4 Å². The third kappa shape index (κ3) is 12.8. The average Bonchev–Trinajstić information content (AvgIpc) is 4.04. The van der Waals surface area contributed by atoms with Crippen LogP contribution in [0.3, 0.4) is 0 Å². The molecule has 3 amide bonds. The summed E-state index contributed by atoms with van der Waals surface area (Å²) in [6.45, 7) is 17.0. The predicted molar refractivity (Wildman–Crippen MR) is 298 cm³/mol. The molecular weight excluding hydrogens is 961 g/mol. The molecule has 2 saturated heterocycles. The lowest BCUT2D eigenvalue weighted by molar-refractivity contribution is 0.0682. The summed E-state index contributed by atoms with van der Waals surface area (Å²) >= 11 is 0. The first-order chi connectivity index (χ1) is 37.1. The Morgan fingerprint density at radius 1 is 0.566 bits per heavy atom. The van der Waals surface area contributed by atoms with Crippen LogP contribution in [0.4, 0.5) is 16.2 Å². The number of hydrogen-bond acceptors (Lipinski definition) is 13. The molecular formula is C60H78N8O8. The lowest BCUT2D eigenvalue weighted by Gasteiger charge is -2.36. The molecule has 0 saturated carbocycles. The van der Waals surface area contributed by atoms with Crippen molar-refractivity contribution < 1.29 is 38.1 Å². The highest BCUT2D eigenvalue weighted by Gasteiger charge is 2.38. The van der Waals surface area contributed by atoms with E-state index >= 15 is 0 Å². The van der Waals surface area contributed by atoms with Gasteiger partial charge >= 0.3 is 6.09 Å². The largest absolute Gasteiger partial charge is 0.493 e. The van der Waals surface area contributed by atoms with E-state index in [0.29, 0.717) is 62.0 Å². The number of fused-ring (bicyclic) bond motifs is 2. The molecule has 0 aromatic heterocycles. The highest BCUT2D eigenvalue weighted by atomic mass is 16.5. The second-order valence-corrected chi connectivity index (χ2v) is 19.6. The van der Waals surface area contributed by atoms with E-state index < -0.39 is 6.09 Å². The van der Waals surface area contributed by atoms with Gasteiger partial charge in [-0.25, -0.2) is 4.79 Å². The normalized spacial score (nSPS) is 16.4. The summed E-state index contributed by atoms with van der Waals surface area (Å²) < 4.78 is 27.4. The molecule has 0 radical (unpaired) electrons. The van der Waals surface area contributed by atoms with E-state index in [2.05, 4.69) is 50.9 Å². The maximum atomic E-state index is 13.9. The van der Waals surface area contributed by atoms with E-state index in [-0.39, 0.29) is 30.5 Å². The number of carbonyl (C=O) groups is 3. The summed E-state index contributed by atoms with van der Waals surface area (Å²) in [4.78, 5) is 53.6. The zero-order valence-corrected chi connectivity index (χ0v) is 45.4. The van der Waals surface area contributed by atoms with Crippen LogP contribution in [0.1, 0.15) is 100 Å². The van der Waals surface area contributed by atoms with Gasteiger partial charge in [-0.1, -0.05) is 68.4 Å². The van der Waals surface area contributed by atoms with Crippen molar-refractivity contribution in [2.24, 2.45) is 5.73 Å². The Hall–Kier alpha value is -7.01. The molecule has 9 rings (SSSR count). The number of likely N-dealkylation sites (N-methyl/N-ethyl adjacent to an activating group) is 2. The number of amides is 3. The van der Waals surface area contributed by atoms with Crippen molar-refractivity contribution in [1.82, 2.24) is 24.9 Å². The summed E-state index contributed by atoms with van der Waals surface area (Å²) in [5.41, 5.74) is 15.0. The standard InChI is InChI=1S/C34H42N4O5.C26H36N4O3/c1-4-36-18-20-37(21-19-36)30-13-8-12-27-28(30)23-38(33(27)39)29(26-15-16-31(41-2)32(22-26)42-3)14-9-17-35-34(40)43-24-25-10-6-5-7-11-25;1-4-28-13-15-29(16-14-28)23-8-5-7-20-21(23)18-30(26(20)31)22(9-6-12-27)19-10-11-24(32-2)25(17-19)33-3/h5-8,10-13,15-16,22,29H,4,9,14,17-21,23-24H2,1-3H3,(H,35,40);5,7-8,10-11,17,22H,4,6,9,12-16,18,27H2,1-3H3/t29-;22-/m11/s1. The van der Waals surface area contributed by atoms with Gasteiger partial charge in [-0.2, -0.15) is 0 Å². The van der Waals surface area contributed by atoms with Crippen molar-refractivity contribution in [3.05, 3.63) is 142 Å². The minimum absolute atomic E-state index is 0.0269. The van der Waals surface area contributed by atoms with Crippen molar-refractivity contribution in [2.75, 3.05) is 117 Å². The molecule has 2 fully saturated rings. The number of piperazine rings is 2. The zero-order valence-electron chi connectivity index (χ0n) is 45.4. The number of nitrogens with one attached hydrogen (secondary N) is 1. The Labute approximate surface area is 449 Å². The van der Waals surface area contributed by atoms with E-state index in [1.165, 1.54) is 5.69 Å². The van der Waals surface area contributed by atoms with Gasteiger partial charge in [0.15, 0.2) is 23.0 Å². The fourth-order valence-corrected chi connectivity index (χ4v) is 11.1. The molecule has 4 aliphatic rings. The predicted octanol–water partition coefficient (Wildman–Crippen LogP) is 8.53. The summed E-state index contributed by atoms with van der Waals surface area (Å²) in [6.07, 6.45) is 2.50. The molecule has 0 bridgehead atoms. The van der Waals surface area contributed by atoms with Gasteiger partial charge in [0.1, 0.15) is 6.61 Å². The van der Waals surface area contributed by atoms with Crippen LogP contribution >= 0.6 is 0 Å².